The second kappa shape index (κ2) is 10.3. The van der Waals surface area contributed by atoms with Crippen molar-refractivity contribution in [3.8, 4) is 33.5 Å². The van der Waals surface area contributed by atoms with Crippen molar-refractivity contribution in [2.24, 2.45) is 5.92 Å². The molecule has 1 fully saturated rings. The zero-order valence-electron chi connectivity index (χ0n) is 21.6. The maximum Gasteiger partial charge on any atom is 0.229 e. The minimum Gasteiger partial charge on any atom is -0.396 e. The molecule has 0 aliphatic carbocycles. The van der Waals surface area contributed by atoms with E-state index in [1.54, 1.807) is 41.3 Å². The number of imidazole rings is 1. The van der Waals surface area contributed by atoms with Gasteiger partial charge in [0.25, 0.3) is 0 Å². The highest BCUT2D eigenvalue weighted by Crippen LogP contribution is 2.34. The van der Waals surface area contributed by atoms with Gasteiger partial charge in [-0.3, -0.25) is 9.12 Å². The van der Waals surface area contributed by atoms with Crippen LogP contribution in [0.2, 0.25) is 0 Å². The Morgan fingerprint density at radius 2 is 1.85 bits per heavy atom. The molecule has 3 atom stereocenters. The Kier molecular flexibility index (Phi) is 6.82. The monoisotopic (exact) mass is 581 g/mol. The van der Waals surface area contributed by atoms with Gasteiger partial charge in [-0.15, -0.1) is 0 Å². The number of hydrogen-bond donors (Lipinski definition) is 3. The van der Waals surface area contributed by atoms with Crippen molar-refractivity contribution in [2.45, 2.75) is 12.3 Å². The average molecular weight is 582 g/mol. The number of halogens is 2. The number of ether oxygens (including phenoxy) is 1. The van der Waals surface area contributed by atoms with Crippen molar-refractivity contribution >= 4 is 21.4 Å². The van der Waals surface area contributed by atoms with Gasteiger partial charge < -0.3 is 14.9 Å². The minimum absolute atomic E-state index is 0.111. The molecule has 1 aliphatic heterocycles. The molecule has 0 unspecified atom stereocenters. The topological polar surface area (TPSA) is 131 Å². The quantitative estimate of drug-likeness (QED) is 0.267. The second-order valence-corrected chi connectivity index (χ2v) is 11.7. The summed E-state index contributed by atoms with van der Waals surface area (Å²) in [5.41, 5.74) is 3.98. The molecule has 2 aromatic carbocycles. The Bertz CT molecular complexity index is 1870. The number of anilines is 1. The number of nitrogens with one attached hydrogen (secondary N) is 1. The lowest BCUT2D eigenvalue weighted by Crippen LogP contribution is -2.27. The van der Waals surface area contributed by atoms with Crippen LogP contribution in [0.3, 0.4) is 0 Å². The van der Waals surface area contributed by atoms with E-state index >= 15 is 0 Å². The first kappa shape index (κ1) is 27.0. The van der Waals surface area contributed by atoms with Gasteiger partial charge in [0.1, 0.15) is 23.4 Å². The summed E-state index contributed by atoms with van der Waals surface area (Å²) in [4.78, 5) is 4.52. The SMILES string of the molecule is CS(=O)(=O)Nc1cc(-c2ccc(F)cc2F)cc(-c2cnc3cc(-c4cnn([C@@H]5OC[C@H](CO)[C@H]5O)c4)ccn23)c1. The van der Waals surface area contributed by atoms with Gasteiger partial charge in [-0.05, 0) is 53.6 Å². The second-order valence-electron chi connectivity index (χ2n) is 9.95. The summed E-state index contributed by atoms with van der Waals surface area (Å²) in [6.07, 6.45) is 6.23. The van der Waals surface area contributed by atoms with E-state index in [0.717, 1.165) is 29.5 Å². The van der Waals surface area contributed by atoms with E-state index in [4.69, 9.17) is 4.74 Å². The third kappa shape index (κ3) is 5.32. The number of benzene rings is 2. The minimum atomic E-state index is -3.64. The fourth-order valence-corrected chi connectivity index (χ4v) is 5.52. The number of sulfonamides is 1. The van der Waals surface area contributed by atoms with Gasteiger partial charge in [0.15, 0.2) is 6.23 Å². The molecular weight excluding hydrogens is 556 g/mol. The van der Waals surface area contributed by atoms with Crippen LogP contribution in [0.25, 0.3) is 39.2 Å². The van der Waals surface area contributed by atoms with E-state index in [9.17, 15) is 27.4 Å². The number of rotatable bonds is 7. The Morgan fingerprint density at radius 1 is 1.05 bits per heavy atom. The molecule has 1 saturated heterocycles. The molecule has 3 N–H and O–H groups in total. The molecule has 13 heteroatoms. The maximum absolute atomic E-state index is 14.7. The average Bonchev–Trinajstić information content (AvgIpc) is 3.65. The number of aliphatic hydroxyl groups is 2. The van der Waals surface area contributed by atoms with Crippen LogP contribution in [0.4, 0.5) is 14.5 Å². The molecule has 0 saturated carbocycles. The van der Waals surface area contributed by atoms with Crippen molar-refractivity contribution in [3.05, 3.63) is 85.0 Å². The molecule has 5 aromatic rings. The van der Waals surface area contributed by atoms with Crippen LogP contribution in [0.1, 0.15) is 6.23 Å². The van der Waals surface area contributed by atoms with Gasteiger partial charge >= 0.3 is 0 Å². The van der Waals surface area contributed by atoms with Gasteiger partial charge in [-0.1, -0.05) is 0 Å². The lowest BCUT2D eigenvalue weighted by molar-refractivity contribution is -0.0209. The van der Waals surface area contributed by atoms with Crippen LogP contribution in [0.5, 0.6) is 0 Å². The first-order valence-electron chi connectivity index (χ1n) is 12.6. The largest absolute Gasteiger partial charge is 0.396 e. The number of aromatic nitrogens is 4. The van der Waals surface area contributed by atoms with E-state index in [1.807, 2.05) is 12.1 Å². The van der Waals surface area contributed by atoms with Crippen molar-refractivity contribution in [1.82, 2.24) is 19.2 Å². The molecule has 0 bridgehead atoms. The first-order chi connectivity index (χ1) is 19.6. The molecule has 3 aromatic heterocycles. The molecule has 41 heavy (non-hydrogen) atoms. The summed E-state index contributed by atoms with van der Waals surface area (Å²) in [5.74, 6) is -1.88. The smallest absolute Gasteiger partial charge is 0.229 e. The number of nitrogens with zero attached hydrogens (tertiary/aromatic N) is 4. The molecule has 4 heterocycles. The lowest BCUT2D eigenvalue weighted by Gasteiger charge is -2.16. The Morgan fingerprint density at radius 3 is 2.59 bits per heavy atom. The van der Waals surface area contributed by atoms with Crippen LogP contribution < -0.4 is 4.72 Å². The summed E-state index contributed by atoms with van der Waals surface area (Å²) in [6.45, 7) is 0.0506. The molecule has 10 nitrogen and oxygen atoms in total. The summed E-state index contributed by atoms with van der Waals surface area (Å²) in [7, 11) is -3.64. The summed E-state index contributed by atoms with van der Waals surface area (Å²) in [6, 6.07) is 11.7. The van der Waals surface area contributed by atoms with Crippen LogP contribution >= 0.6 is 0 Å². The Labute approximate surface area is 233 Å². The van der Waals surface area contributed by atoms with Gasteiger partial charge in [0.2, 0.25) is 10.0 Å². The normalized spacial score (nSPS) is 19.2. The predicted octanol–water partition coefficient (Wildman–Crippen LogP) is 3.68. The zero-order valence-corrected chi connectivity index (χ0v) is 22.5. The van der Waals surface area contributed by atoms with Crippen LogP contribution in [0, 0.1) is 17.6 Å². The third-order valence-electron chi connectivity index (χ3n) is 6.97. The molecule has 0 radical (unpaired) electrons. The maximum atomic E-state index is 14.7. The third-order valence-corrected chi connectivity index (χ3v) is 7.58. The van der Waals surface area contributed by atoms with Gasteiger partial charge in [0.05, 0.1) is 37.6 Å². The predicted molar refractivity (Wildman–Crippen MR) is 147 cm³/mol. The van der Waals surface area contributed by atoms with Crippen LogP contribution in [-0.2, 0) is 14.8 Å². The summed E-state index contributed by atoms with van der Waals surface area (Å²) in [5, 5.41) is 24.1. The summed E-state index contributed by atoms with van der Waals surface area (Å²) < 4.78 is 63.5. The molecule has 0 spiro atoms. The van der Waals surface area contributed by atoms with E-state index in [1.165, 1.54) is 16.8 Å². The fourth-order valence-electron chi connectivity index (χ4n) is 4.97. The van der Waals surface area contributed by atoms with Crippen molar-refractivity contribution in [2.75, 3.05) is 24.2 Å². The summed E-state index contributed by atoms with van der Waals surface area (Å²) >= 11 is 0. The molecule has 1 aliphatic rings. The van der Waals surface area contributed by atoms with Crippen LogP contribution in [-0.4, -0.2) is 63.4 Å². The number of fused-ring (bicyclic) bond motifs is 1. The Balaban J connectivity index is 1.37. The standard InChI is InChI=1S/C28H25F2N5O5S/c1-41(38,39)33-22-7-17(23-3-2-21(29)10-24(23)30)6-18(8-22)25-12-31-26-9-16(4-5-34(25)26)19-11-32-35(13-19)28-27(37)20(14-36)15-40-28/h2-13,20,27-28,33,36-37H,14-15H2,1H3/t20-,27+,28+/m0/s1. The van der Waals surface area contributed by atoms with Crippen molar-refractivity contribution < 1.29 is 32.1 Å². The highest BCUT2D eigenvalue weighted by Gasteiger charge is 2.37. The van der Waals surface area contributed by atoms with E-state index in [-0.39, 0.29) is 30.4 Å². The Hall–Kier alpha value is -4.17. The number of aliphatic hydroxyl groups excluding tert-OH is 2. The molecule has 6 rings (SSSR count). The van der Waals surface area contributed by atoms with Gasteiger partial charge in [-0.25, -0.2) is 26.9 Å². The molecule has 212 valence electrons. The fraction of sp³-hybridized carbons (Fsp3) is 0.214. The van der Waals surface area contributed by atoms with Gasteiger partial charge in [-0.2, -0.15) is 5.10 Å². The highest BCUT2D eigenvalue weighted by atomic mass is 32.2. The molecular formula is C28H25F2N5O5S. The van der Waals surface area contributed by atoms with Crippen molar-refractivity contribution in [1.29, 1.82) is 0 Å². The molecule has 0 amide bonds. The first-order valence-corrected chi connectivity index (χ1v) is 14.5. The lowest BCUT2D eigenvalue weighted by atomic mass is 10.00. The van der Waals surface area contributed by atoms with E-state index in [0.29, 0.717) is 22.5 Å². The van der Waals surface area contributed by atoms with E-state index < -0.39 is 34.0 Å². The van der Waals surface area contributed by atoms with Crippen LogP contribution in [0.15, 0.2) is 73.3 Å². The zero-order chi connectivity index (χ0) is 28.9. The van der Waals surface area contributed by atoms with Gasteiger partial charge in [0, 0.05) is 46.8 Å². The number of hydrogen-bond acceptors (Lipinski definition) is 7. The van der Waals surface area contributed by atoms with Crippen molar-refractivity contribution in [3.63, 3.8) is 0 Å². The van der Waals surface area contributed by atoms with E-state index in [2.05, 4.69) is 14.8 Å². The number of pyridine rings is 1. The highest BCUT2D eigenvalue weighted by molar-refractivity contribution is 7.92.